The van der Waals surface area contributed by atoms with Gasteiger partial charge in [-0.05, 0) is 95.7 Å². The van der Waals surface area contributed by atoms with Crippen LogP contribution < -0.4 is 11.1 Å². The fourth-order valence-electron chi connectivity index (χ4n) is 5.55. The summed E-state index contributed by atoms with van der Waals surface area (Å²) >= 11 is 7.23. The van der Waals surface area contributed by atoms with E-state index in [1.165, 1.54) is 0 Å². The molecule has 4 rings (SSSR count). The molecule has 0 radical (unpaired) electrons. The Kier molecular flexibility index (Phi) is 10.5. The summed E-state index contributed by atoms with van der Waals surface area (Å²) in [7, 11) is 0. The lowest BCUT2D eigenvalue weighted by molar-refractivity contribution is 0.267. The maximum absolute atomic E-state index is 12.7. The summed E-state index contributed by atoms with van der Waals surface area (Å²) in [4.78, 5) is 27.2. The van der Waals surface area contributed by atoms with Crippen molar-refractivity contribution < 1.29 is 10.2 Å². The summed E-state index contributed by atoms with van der Waals surface area (Å²) in [6.45, 7) is 8.19. The highest BCUT2D eigenvalue weighted by atomic mass is 32.2. The van der Waals surface area contributed by atoms with Crippen LogP contribution in [0.15, 0.2) is 31.5 Å². The number of hydrogen-bond donors (Lipinski definition) is 2. The number of fused-ring (bicyclic) bond motifs is 2. The van der Waals surface area contributed by atoms with Gasteiger partial charge in [-0.3, -0.25) is 18.7 Å². The van der Waals surface area contributed by atoms with Crippen LogP contribution in [0.4, 0.5) is 0 Å². The summed E-state index contributed by atoms with van der Waals surface area (Å²) < 4.78 is 3.20. The van der Waals surface area contributed by atoms with Gasteiger partial charge in [-0.1, -0.05) is 0 Å². The van der Waals surface area contributed by atoms with Gasteiger partial charge in [0.25, 0.3) is 11.1 Å². The zero-order valence-corrected chi connectivity index (χ0v) is 26.9. The summed E-state index contributed by atoms with van der Waals surface area (Å²) in [6, 6.07) is 3.38. The molecule has 216 valence electrons. The number of hydrogen-bond acceptors (Lipinski definition) is 8. The zero-order chi connectivity index (χ0) is 28.2. The van der Waals surface area contributed by atoms with Gasteiger partial charge in [-0.2, -0.15) is 23.5 Å². The normalized spacial score (nSPS) is 15.1. The molecule has 0 aliphatic carbocycles. The van der Waals surface area contributed by atoms with Crippen molar-refractivity contribution in [1.29, 1.82) is 0 Å². The van der Waals surface area contributed by atoms with Crippen molar-refractivity contribution >= 4 is 47.0 Å². The first-order valence-corrected chi connectivity index (χ1v) is 18.2. The van der Waals surface area contributed by atoms with Gasteiger partial charge < -0.3 is 10.2 Å². The minimum absolute atomic E-state index is 0.103. The number of aromatic hydroxyl groups is 2. The largest absolute Gasteiger partial charge is 0.494 e. The van der Waals surface area contributed by atoms with Crippen LogP contribution in [0, 0.1) is 0 Å². The molecule has 2 N–H and O–H groups in total. The lowest BCUT2D eigenvalue weighted by Crippen LogP contribution is -2.36. The molecule has 0 fully saturated rings. The molecular weight excluding hydrogens is 569 g/mol. The Balaban J connectivity index is 1.11. The van der Waals surface area contributed by atoms with E-state index in [0.29, 0.717) is 0 Å². The van der Waals surface area contributed by atoms with Crippen LogP contribution in [-0.2, 0) is 23.9 Å². The third-order valence-corrected chi connectivity index (χ3v) is 12.1. The number of thioether (sulfide) groups is 4. The molecule has 6 nitrogen and oxygen atoms in total. The van der Waals surface area contributed by atoms with Crippen LogP contribution in [0.3, 0.4) is 0 Å². The fourth-order valence-corrected chi connectivity index (χ4v) is 9.70. The Morgan fingerprint density at radius 1 is 0.718 bits per heavy atom. The van der Waals surface area contributed by atoms with Crippen LogP contribution in [0.1, 0.15) is 70.9 Å². The van der Waals surface area contributed by atoms with Gasteiger partial charge in [-0.15, -0.1) is 23.5 Å². The predicted molar refractivity (Wildman–Crippen MR) is 170 cm³/mol. The Morgan fingerprint density at radius 2 is 1.10 bits per heavy atom. The maximum atomic E-state index is 12.7. The third-order valence-electron chi connectivity index (χ3n) is 7.67. The minimum Gasteiger partial charge on any atom is -0.494 e. The Morgan fingerprint density at radius 3 is 1.51 bits per heavy atom. The minimum atomic E-state index is -0.408. The number of rotatable bonds is 14. The predicted octanol–water partition coefficient (Wildman–Crippen LogP) is 6.30. The number of pyridine rings is 2. The molecule has 0 spiro atoms. The second kappa shape index (κ2) is 13.3. The molecule has 0 saturated heterocycles. The number of aromatic nitrogens is 2. The zero-order valence-electron chi connectivity index (χ0n) is 23.6. The molecule has 0 saturated carbocycles. The molecule has 10 heteroatoms. The van der Waals surface area contributed by atoms with E-state index in [1.807, 2.05) is 51.2 Å². The summed E-state index contributed by atoms with van der Waals surface area (Å²) in [5.41, 5.74) is 0.834. The lowest BCUT2D eigenvalue weighted by atomic mass is 9.97. The van der Waals surface area contributed by atoms with Gasteiger partial charge in [0.15, 0.2) is 11.8 Å². The van der Waals surface area contributed by atoms with Crippen molar-refractivity contribution in [1.82, 2.24) is 9.13 Å². The Labute approximate surface area is 249 Å². The maximum Gasteiger partial charge on any atom is 0.254 e. The van der Waals surface area contributed by atoms with Gasteiger partial charge in [0, 0.05) is 55.6 Å². The molecule has 0 atom stereocenters. The van der Waals surface area contributed by atoms with Crippen LogP contribution in [0.2, 0.25) is 0 Å². The van der Waals surface area contributed by atoms with Crippen molar-refractivity contribution in [2.75, 3.05) is 34.5 Å². The topological polar surface area (TPSA) is 84.5 Å². The molecule has 2 aromatic rings. The van der Waals surface area contributed by atoms with E-state index in [4.69, 9.17) is 0 Å². The third kappa shape index (κ3) is 7.22. The summed E-state index contributed by atoms with van der Waals surface area (Å²) in [5, 5.41) is 21.5. The van der Waals surface area contributed by atoms with E-state index in [-0.39, 0.29) is 22.9 Å². The highest BCUT2D eigenvalue weighted by Crippen LogP contribution is 2.39. The quantitative estimate of drug-likeness (QED) is 0.241. The molecule has 2 aliphatic heterocycles. The summed E-state index contributed by atoms with van der Waals surface area (Å²) in [6.07, 6.45) is 6.53. The molecule has 39 heavy (non-hydrogen) atoms. The first-order valence-electron chi connectivity index (χ1n) is 13.9. The summed E-state index contributed by atoms with van der Waals surface area (Å²) in [5.74, 6) is 6.53. The number of nitrogens with zero attached hydrogens (tertiary/aromatic N) is 2. The molecule has 2 aliphatic rings. The SMILES string of the molecule is CC(C)(CCCSCCCSCCCC(C)(C)n1c(O)c2c(cc1=O)SCC2)n1c(O)c2c(cc1=O)SCC2. The van der Waals surface area contributed by atoms with Gasteiger partial charge in [0.1, 0.15) is 0 Å². The van der Waals surface area contributed by atoms with Crippen LogP contribution in [0.5, 0.6) is 11.8 Å². The molecule has 0 aromatic carbocycles. The second-order valence-corrected chi connectivity index (χ2v) is 16.3. The smallest absolute Gasteiger partial charge is 0.254 e. The van der Waals surface area contributed by atoms with Crippen molar-refractivity contribution in [3.05, 3.63) is 44.0 Å². The molecule has 0 amide bonds. The fraction of sp³-hybridized carbons (Fsp3) is 0.655. The van der Waals surface area contributed by atoms with E-state index in [0.717, 1.165) is 100 Å². The molecule has 0 unspecified atom stereocenters. The van der Waals surface area contributed by atoms with E-state index >= 15 is 0 Å². The molecule has 4 heterocycles. The van der Waals surface area contributed by atoms with E-state index in [9.17, 15) is 19.8 Å². The van der Waals surface area contributed by atoms with Crippen LogP contribution in [-0.4, -0.2) is 53.9 Å². The van der Waals surface area contributed by atoms with Gasteiger partial charge in [-0.25, -0.2) is 0 Å². The Hall–Kier alpha value is -1.10. The van der Waals surface area contributed by atoms with Crippen molar-refractivity contribution in [3.8, 4) is 11.8 Å². The first kappa shape index (κ1) is 30.8. The van der Waals surface area contributed by atoms with Gasteiger partial charge >= 0.3 is 0 Å². The van der Waals surface area contributed by atoms with E-state index in [2.05, 4.69) is 0 Å². The van der Waals surface area contributed by atoms with Gasteiger partial charge in [0.05, 0.1) is 0 Å². The average Bonchev–Trinajstić information content (AvgIpc) is 3.52. The molecule has 0 bridgehead atoms. The highest BCUT2D eigenvalue weighted by molar-refractivity contribution is 8.00. The molecule has 2 aromatic heterocycles. The monoisotopic (exact) mass is 610 g/mol. The van der Waals surface area contributed by atoms with E-state index in [1.54, 1.807) is 44.8 Å². The average molecular weight is 611 g/mol. The molecular formula is C29H42N2O4S4. The van der Waals surface area contributed by atoms with Crippen LogP contribution in [0.25, 0.3) is 0 Å². The first-order chi connectivity index (χ1) is 18.5. The Bertz CT molecular complexity index is 1190. The van der Waals surface area contributed by atoms with Crippen molar-refractivity contribution in [2.24, 2.45) is 0 Å². The lowest BCUT2D eigenvalue weighted by Gasteiger charge is -2.29. The second-order valence-electron chi connectivity index (χ2n) is 11.6. The van der Waals surface area contributed by atoms with E-state index < -0.39 is 11.1 Å². The van der Waals surface area contributed by atoms with Crippen molar-refractivity contribution in [2.45, 2.75) is 93.5 Å². The van der Waals surface area contributed by atoms with Crippen molar-refractivity contribution in [3.63, 3.8) is 0 Å². The standard InChI is InChI=1S/C29H42N2O4S4/c1-28(2,30-24(32)18-22-20(26(30)34)8-16-38-22)10-5-12-36-14-7-15-37-13-6-11-29(3,4)31-25(33)19-23-21(27(31)35)9-17-39-23/h18-19,34-35H,5-17H2,1-4H3. The van der Waals surface area contributed by atoms with Gasteiger partial charge in [0.2, 0.25) is 0 Å². The highest BCUT2D eigenvalue weighted by Gasteiger charge is 2.30. The van der Waals surface area contributed by atoms with Crippen LogP contribution >= 0.6 is 47.0 Å².